The van der Waals surface area contributed by atoms with Crippen molar-refractivity contribution in [2.75, 3.05) is 35.5 Å². The molecule has 0 aliphatic carbocycles. The lowest BCUT2D eigenvalue weighted by molar-refractivity contribution is 0.254. The van der Waals surface area contributed by atoms with E-state index in [0.717, 1.165) is 0 Å². The Kier molecular flexibility index (Phi) is 4.22. The number of para-hydroxylation sites is 4. The van der Waals surface area contributed by atoms with E-state index in [1.165, 1.54) is 14.2 Å². The molecule has 2 amide bonds. The Bertz CT molecular complexity index is 920. The van der Waals surface area contributed by atoms with E-state index in [-0.39, 0.29) is 17.5 Å². The molecule has 2 aliphatic heterocycles. The molecule has 0 radical (unpaired) electrons. The van der Waals surface area contributed by atoms with Gasteiger partial charge in [-0.05, 0) is 24.3 Å². The number of hydrogen-bond acceptors (Lipinski definition) is 5. The topological polar surface area (TPSA) is 76.2 Å². The van der Waals surface area contributed by atoms with Crippen LogP contribution in [0.4, 0.5) is 16.2 Å². The zero-order valence-electron chi connectivity index (χ0n) is 15.0. The molecule has 0 saturated carbocycles. The molecule has 7 nitrogen and oxygen atoms in total. The molecular weight excluding hydrogens is 368 g/mol. The maximum Gasteiger partial charge on any atom is 0.329 e. The van der Waals surface area contributed by atoms with Crippen LogP contribution in [-0.2, 0) is 9.84 Å². The highest BCUT2D eigenvalue weighted by Crippen LogP contribution is 2.43. The average Bonchev–Trinajstić information content (AvgIpc) is 3.10. The Hall–Kier alpha value is -2.74. The summed E-state index contributed by atoms with van der Waals surface area (Å²) in [6.45, 7) is 0. The van der Waals surface area contributed by atoms with Gasteiger partial charge < -0.3 is 9.47 Å². The Morgan fingerprint density at radius 1 is 0.815 bits per heavy atom. The molecule has 27 heavy (non-hydrogen) atoms. The van der Waals surface area contributed by atoms with Gasteiger partial charge in [-0.1, -0.05) is 24.3 Å². The first-order valence-corrected chi connectivity index (χ1v) is 10.4. The summed E-state index contributed by atoms with van der Waals surface area (Å²) in [7, 11) is -0.211. The number of nitrogens with zero attached hydrogens (tertiary/aromatic N) is 2. The summed E-state index contributed by atoms with van der Waals surface area (Å²) in [4.78, 5) is 16.5. The highest BCUT2D eigenvalue weighted by atomic mass is 32.2. The van der Waals surface area contributed by atoms with Crippen molar-refractivity contribution in [1.29, 1.82) is 0 Å². The molecule has 2 saturated heterocycles. The number of anilines is 2. The van der Waals surface area contributed by atoms with Gasteiger partial charge in [-0.25, -0.2) is 13.2 Å². The van der Waals surface area contributed by atoms with Gasteiger partial charge in [0, 0.05) is 0 Å². The number of urea groups is 1. The average molecular weight is 388 g/mol. The summed E-state index contributed by atoms with van der Waals surface area (Å²) < 4.78 is 35.6. The predicted molar refractivity (Wildman–Crippen MR) is 103 cm³/mol. The Morgan fingerprint density at radius 2 is 1.22 bits per heavy atom. The van der Waals surface area contributed by atoms with Crippen molar-refractivity contribution in [3.8, 4) is 11.5 Å². The van der Waals surface area contributed by atoms with Gasteiger partial charge >= 0.3 is 6.03 Å². The summed E-state index contributed by atoms with van der Waals surface area (Å²) >= 11 is 0. The molecule has 0 aromatic heterocycles. The molecular formula is C19H20N2O5S. The van der Waals surface area contributed by atoms with E-state index in [0.29, 0.717) is 22.9 Å². The number of rotatable bonds is 4. The fraction of sp³-hybridized carbons (Fsp3) is 0.316. The fourth-order valence-corrected chi connectivity index (χ4v) is 5.84. The van der Waals surface area contributed by atoms with Crippen LogP contribution < -0.4 is 19.3 Å². The summed E-state index contributed by atoms with van der Waals surface area (Å²) in [5, 5.41) is 0. The minimum Gasteiger partial charge on any atom is -0.495 e. The number of sulfone groups is 1. The highest BCUT2D eigenvalue weighted by molar-refractivity contribution is 7.91. The molecule has 0 N–H and O–H groups in total. The first-order chi connectivity index (χ1) is 13.0. The number of hydrogen-bond donors (Lipinski definition) is 0. The van der Waals surface area contributed by atoms with Crippen LogP contribution in [0.2, 0.25) is 0 Å². The van der Waals surface area contributed by atoms with E-state index in [9.17, 15) is 13.2 Å². The number of ether oxygens (including phenoxy) is 2. The SMILES string of the molecule is COc1ccccc1N1C(=O)N(c2ccccc2OC)C2CS(=O)(=O)CC21. The van der Waals surface area contributed by atoms with Gasteiger partial charge in [-0.2, -0.15) is 0 Å². The first-order valence-electron chi connectivity index (χ1n) is 8.55. The molecule has 2 aromatic rings. The maximum absolute atomic E-state index is 13.4. The molecule has 0 spiro atoms. The summed E-state index contributed by atoms with van der Waals surface area (Å²) in [5.41, 5.74) is 1.13. The number of carbonyl (C=O) groups excluding carboxylic acids is 1. The maximum atomic E-state index is 13.4. The van der Waals surface area contributed by atoms with Crippen molar-refractivity contribution in [3.63, 3.8) is 0 Å². The Labute approximate surface area is 158 Å². The van der Waals surface area contributed by atoms with Gasteiger partial charge in [-0.15, -0.1) is 0 Å². The lowest BCUT2D eigenvalue weighted by Gasteiger charge is -2.24. The van der Waals surface area contributed by atoms with Crippen LogP contribution in [-0.4, -0.2) is 52.3 Å². The van der Waals surface area contributed by atoms with E-state index in [1.807, 2.05) is 12.1 Å². The van der Waals surface area contributed by atoms with Crippen LogP contribution in [0.3, 0.4) is 0 Å². The normalized spacial score (nSPS) is 23.4. The van der Waals surface area contributed by atoms with E-state index in [1.54, 1.807) is 46.2 Å². The molecule has 2 fully saturated rings. The molecule has 4 rings (SSSR count). The van der Waals surface area contributed by atoms with Gasteiger partial charge in [0.25, 0.3) is 0 Å². The monoisotopic (exact) mass is 388 g/mol. The third-order valence-corrected chi connectivity index (χ3v) is 6.76. The summed E-state index contributed by atoms with van der Waals surface area (Å²) in [6.07, 6.45) is 0. The lowest BCUT2D eigenvalue weighted by atomic mass is 10.1. The largest absolute Gasteiger partial charge is 0.495 e. The lowest BCUT2D eigenvalue weighted by Crippen LogP contribution is -2.38. The van der Waals surface area contributed by atoms with Gasteiger partial charge in [0.1, 0.15) is 11.5 Å². The van der Waals surface area contributed by atoms with Crippen molar-refractivity contribution in [1.82, 2.24) is 0 Å². The summed E-state index contributed by atoms with van der Waals surface area (Å²) in [5.74, 6) is 0.895. The van der Waals surface area contributed by atoms with Crippen LogP contribution in [0.15, 0.2) is 48.5 Å². The number of fused-ring (bicyclic) bond motifs is 1. The number of carbonyl (C=O) groups is 1. The second-order valence-corrected chi connectivity index (χ2v) is 8.73. The van der Waals surface area contributed by atoms with Gasteiger partial charge in [0.2, 0.25) is 0 Å². The first kappa shape index (κ1) is 17.7. The Morgan fingerprint density at radius 3 is 1.63 bits per heavy atom. The van der Waals surface area contributed by atoms with E-state index in [4.69, 9.17) is 9.47 Å². The van der Waals surface area contributed by atoms with Crippen molar-refractivity contribution >= 4 is 27.2 Å². The van der Waals surface area contributed by atoms with Crippen LogP contribution in [0.5, 0.6) is 11.5 Å². The zero-order valence-corrected chi connectivity index (χ0v) is 15.8. The molecule has 2 unspecified atom stereocenters. The second kappa shape index (κ2) is 6.45. The van der Waals surface area contributed by atoms with E-state index < -0.39 is 21.9 Å². The molecule has 2 aliphatic rings. The highest BCUT2D eigenvalue weighted by Gasteiger charge is 2.55. The van der Waals surface area contributed by atoms with Crippen LogP contribution in [0.1, 0.15) is 0 Å². The molecule has 8 heteroatoms. The zero-order chi connectivity index (χ0) is 19.2. The van der Waals surface area contributed by atoms with Crippen LogP contribution >= 0.6 is 0 Å². The number of benzene rings is 2. The quantitative estimate of drug-likeness (QED) is 0.752. The predicted octanol–water partition coefficient (Wildman–Crippen LogP) is 2.32. The minimum absolute atomic E-state index is 0.0763. The second-order valence-electron chi connectivity index (χ2n) is 6.58. The Balaban J connectivity index is 1.86. The number of amides is 2. The molecule has 142 valence electrons. The van der Waals surface area contributed by atoms with Crippen molar-refractivity contribution in [2.45, 2.75) is 12.1 Å². The summed E-state index contributed by atoms with van der Waals surface area (Å²) in [6, 6.07) is 13.0. The number of methoxy groups -OCH3 is 2. The smallest absolute Gasteiger partial charge is 0.329 e. The van der Waals surface area contributed by atoms with E-state index >= 15 is 0 Å². The van der Waals surface area contributed by atoms with Crippen LogP contribution in [0.25, 0.3) is 0 Å². The fourth-order valence-electron chi connectivity index (χ4n) is 3.92. The van der Waals surface area contributed by atoms with Gasteiger partial charge in [0.05, 0.1) is 49.2 Å². The molecule has 0 bridgehead atoms. The molecule has 2 atom stereocenters. The third kappa shape index (κ3) is 2.80. The minimum atomic E-state index is -3.27. The molecule has 2 aromatic carbocycles. The third-order valence-electron chi connectivity index (χ3n) is 5.06. The van der Waals surface area contributed by atoms with Crippen molar-refractivity contribution in [2.24, 2.45) is 0 Å². The van der Waals surface area contributed by atoms with E-state index in [2.05, 4.69) is 0 Å². The van der Waals surface area contributed by atoms with Crippen molar-refractivity contribution in [3.05, 3.63) is 48.5 Å². The van der Waals surface area contributed by atoms with Gasteiger partial charge in [-0.3, -0.25) is 9.80 Å². The standard InChI is InChI=1S/C19H20N2O5S/c1-25-17-9-5-3-7-13(17)20-15-11-27(23,24)12-16(15)21(19(20)22)14-8-4-6-10-18(14)26-2/h3-10,15-16H,11-12H2,1-2H3. The van der Waals surface area contributed by atoms with Crippen molar-refractivity contribution < 1.29 is 22.7 Å². The van der Waals surface area contributed by atoms with Gasteiger partial charge in [0.15, 0.2) is 9.84 Å². The molecule has 2 heterocycles. The van der Waals surface area contributed by atoms with Crippen LogP contribution in [0, 0.1) is 0 Å².